The van der Waals surface area contributed by atoms with Crippen molar-refractivity contribution in [3.8, 4) is 5.88 Å². The van der Waals surface area contributed by atoms with Gasteiger partial charge in [0.2, 0.25) is 5.88 Å². The molecule has 1 aliphatic rings. The van der Waals surface area contributed by atoms with Gasteiger partial charge in [0, 0.05) is 42.4 Å². The van der Waals surface area contributed by atoms with Gasteiger partial charge < -0.3 is 26.4 Å². The minimum absolute atomic E-state index is 0.165. The van der Waals surface area contributed by atoms with E-state index in [1.165, 1.54) is 25.6 Å². The molecule has 1 aromatic rings. The predicted octanol–water partition coefficient (Wildman–Crippen LogP) is 2.56. The number of pyridine rings is 1. The number of carbonyl (C=O) groups excluding carboxylic acids is 1. The van der Waals surface area contributed by atoms with Crippen LogP contribution in [0.15, 0.2) is 47.4 Å². The Morgan fingerprint density at radius 2 is 2.15 bits per heavy atom. The maximum atomic E-state index is 15.3. The molecule has 7 nitrogen and oxygen atoms in total. The number of ether oxygens (including phenoxy) is 1. The molecule has 1 aromatic heterocycles. The van der Waals surface area contributed by atoms with Gasteiger partial charge >= 0.3 is 6.03 Å². The van der Waals surface area contributed by atoms with Crippen LogP contribution in [-0.4, -0.2) is 41.1 Å². The van der Waals surface area contributed by atoms with Crippen LogP contribution in [0.25, 0.3) is 0 Å². The highest BCUT2D eigenvalue weighted by Crippen LogP contribution is 2.44. The summed E-state index contributed by atoms with van der Waals surface area (Å²) in [6.07, 6.45) is 6.83. The molecule has 1 fully saturated rings. The van der Waals surface area contributed by atoms with E-state index >= 15 is 4.39 Å². The Balaban J connectivity index is 1.90. The molecular formula is C18H26FN5O2S. The van der Waals surface area contributed by atoms with Crippen LogP contribution < -0.4 is 21.5 Å². The van der Waals surface area contributed by atoms with Crippen molar-refractivity contribution in [1.82, 2.24) is 15.2 Å². The van der Waals surface area contributed by atoms with E-state index < -0.39 is 5.00 Å². The summed E-state index contributed by atoms with van der Waals surface area (Å²) in [5, 5.41) is 1.22. The van der Waals surface area contributed by atoms with E-state index in [9.17, 15) is 4.79 Å². The first-order valence-electron chi connectivity index (χ1n) is 8.63. The fourth-order valence-corrected chi connectivity index (χ4v) is 4.01. The Morgan fingerprint density at radius 1 is 1.44 bits per heavy atom. The Morgan fingerprint density at radius 3 is 2.67 bits per heavy atom. The smallest absolute Gasteiger partial charge is 0.321 e. The molecule has 0 bridgehead atoms. The first-order chi connectivity index (χ1) is 12.9. The zero-order chi connectivity index (χ0) is 19.9. The average molecular weight is 396 g/mol. The minimum Gasteiger partial charge on any atom is -0.481 e. The van der Waals surface area contributed by atoms with Crippen LogP contribution >= 0.6 is 11.8 Å². The maximum absolute atomic E-state index is 15.3. The molecule has 2 amide bonds. The summed E-state index contributed by atoms with van der Waals surface area (Å²) in [5.41, 5.74) is 11.2. The van der Waals surface area contributed by atoms with E-state index in [1.807, 2.05) is 0 Å². The number of aromatic nitrogens is 1. The third-order valence-electron chi connectivity index (χ3n) is 4.45. The van der Waals surface area contributed by atoms with Crippen LogP contribution in [0.5, 0.6) is 5.88 Å². The molecule has 27 heavy (non-hydrogen) atoms. The van der Waals surface area contributed by atoms with Crippen molar-refractivity contribution in [1.29, 1.82) is 0 Å². The van der Waals surface area contributed by atoms with Crippen molar-refractivity contribution in [3.05, 3.63) is 42.5 Å². The lowest BCUT2D eigenvalue weighted by atomic mass is 9.92. The second kappa shape index (κ2) is 9.50. The van der Waals surface area contributed by atoms with Gasteiger partial charge in [-0.3, -0.25) is 0 Å². The number of carbonyl (C=O) groups is 1. The van der Waals surface area contributed by atoms with Crippen molar-refractivity contribution in [2.24, 2.45) is 17.4 Å². The third-order valence-corrected chi connectivity index (χ3v) is 5.66. The highest BCUT2D eigenvalue weighted by atomic mass is 32.2. The number of amides is 2. The number of alkyl halides is 1. The molecule has 2 rings (SSSR count). The Bertz CT molecular complexity index is 685. The maximum Gasteiger partial charge on any atom is 0.321 e. The standard InChI is InChI=1S/C18H26FN5O2S/c1-18(19,27-15-3-4-16(26-2)22-12-15)13-6-9-24(10-7-13)17(25)23-14(11-21)5-8-20/h3-5,8,11-13H,6-7,9-10,20-21H2,1-2H3,(H,23,25)/b8-5-,14-11+. The van der Waals surface area contributed by atoms with Crippen LogP contribution in [0.1, 0.15) is 19.8 Å². The number of hydrogen-bond donors (Lipinski definition) is 3. The zero-order valence-electron chi connectivity index (χ0n) is 15.5. The van der Waals surface area contributed by atoms with Gasteiger partial charge in [-0.25, -0.2) is 14.2 Å². The zero-order valence-corrected chi connectivity index (χ0v) is 16.3. The summed E-state index contributed by atoms with van der Waals surface area (Å²) < 4.78 is 20.3. The molecule has 9 heteroatoms. The van der Waals surface area contributed by atoms with E-state index in [4.69, 9.17) is 16.2 Å². The molecule has 148 valence electrons. The topological polar surface area (TPSA) is 106 Å². The minimum atomic E-state index is -1.45. The number of hydrogen-bond acceptors (Lipinski definition) is 6. The number of thioether (sulfide) groups is 1. The van der Waals surface area contributed by atoms with Crippen molar-refractivity contribution in [3.63, 3.8) is 0 Å². The van der Waals surface area contributed by atoms with Gasteiger partial charge in [-0.05, 0) is 38.1 Å². The normalized spacial score (nSPS) is 18.3. The lowest BCUT2D eigenvalue weighted by molar-refractivity contribution is 0.120. The van der Waals surface area contributed by atoms with Gasteiger partial charge in [-0.2, -0.15) is 0 Å². The van der Waals surface area contributed by atoms with Crippen molar-refractivity contribution >= 4 is 17.8 Å². The number of halogens is 1. The Labute approximate surface area is 163 Å². The van der Waals surface area contributed by atoms with E-state index in [0.717, 1.165) is 16.7 Å². The summed E-state index contributed by atoms with van der Waals surface area (Å²) in [5.74, 6) is 0.330. The van der Waals surface area contributed by atoms with Gasteiger partial charge in [0.1, 0.15) is 0 Å². The highest BCUT2D eigenvalue weighted by molar-refractivity contribution is 8.00. The van der Waals surface area contributed by atoms with Crippen LogP contribution in [0.2, 0.25) is 0 Å². The van der Waals surface area contributed by atoms with Crippen LogP contribution in [0, 0.1) is 5.92 Å². The summed E-state index contributed by atoms with van der Waals surface area (Å²) in [4.78, 5) is 18.8. The molecule has 0 saturated carbocycles. The summed E-state index contributed by atoms with van der Waals surface area (Å²) in [6.45, 7) is 2.53. The number of nitrogens with zero attached hydrogens (tertiary/aromatic N) is 2. The van der Waals surface area contributed by atoms with E-state index in [1.54, 1.807) is 30.2 Å². The molecular weight excluding hydrogens is 369 g/mol. The quantitative estimate of drug-likeness (QED) is 0.505. The van der Waals surface area contributed by atoms with Gasteiger partial charge in [0.15, 0.2) is 5.00 Å². The molecule has 0 aromatic carbocycles. The van der Waals surface area contributed by atoms with Crippen molar-refractivity contribution < 1.29 is 13.9 Å². The molecule has 1 atom stereocenters. The first-order valence-corrected chi connectivity index (χ1v) is 9.45. The molecule has 5 N–H and O–H groups in total. The molecule has 2 heterocycles. The molecule has 1 saturated heterocycles. The SMILES string of the molecule is COc1ccc(SC(C)(F)C2CCN(C(=O)NC(/C=C\N)=C/N)CC2)cn1. The molecule has 1 aliphatic heterocycles. The number of urea groups is 1. The number of likely N-dealkylation sites (tertiary alicyclic amines) is 1. The molecule has 0 radical (unpaired) electrons. The number of nitrogens with one attached hydrogen (secondary N) is 1. The van der Waals surface area contributed by atoms with Gasteiger partial charge in [0.05, 0.1) is 12.8 Å². The van der Waals surface area contributed by atoms with Crippen LogP contribution in [0.4, 0.5) is 9.18 Å². The fourth-order valence-electron chi connectivity index (χ4n) is 2.90. The Kier molecular flexibility index (Phi) is 7.35. The second-order valence-electron chi connectivity index (χ2n) is 6.30. The van der Waals surface area contributed by atoms with Gasteiger partial charge in [0.25, 0.3) is 0 Å². The van der Waals surface area contributed by atoms with Crippen LogP contribution in [0.3, 0.4) is 0 Å². The highest BCUT2D eigenvalue weighted by Gasteiger charge is 2.38. The van der Waals surface area contributed by atoms with Gasteiger partial charge in [-0.1, -0.05) is 11.8 Å². The van der Waals surface area contributed by atoms with Gasteiger partial charge in [-0.15, -0.1) is 0 Å². The molecule has 1 unspecified atom stereocenters. The summed E-state index contributed by atoms with van der Waals surface area (Å²) >= 11 is 1.15. The second-order valence-corrected chi connectivity index (χ2v) is 7.77. The number of allylic oxidation sites excluding steroid dienone is 1. The lowest BCUT2D eigenvalue weighted by Crippen LogP contribution is -2.46. The van der Waals surface area contributed by atoms with E-state index in [-0.39, 0.29) is 11.9 Å². The average Bonchev–Trinajstić information content (AvgIpc) is 2.68. The summed E-state index contributed by atoms with van der Waals surface area (Å²) in [6, 6.07) is 3.24. The third kappa shape index (κ3) is 5.78. The van der Waals surface area contributed by atoms with Crippen molar-refractivity contribution in [2.75, 3.05) is 20.2 Å². The number of methoxy groups -OCH3 is 1. The number of piperidine rings is 1. The fraction of sp³-hybridized carbons (Fsp3) is 0.444. The van der Waals surface area contributed by atoms with E-state index in [2.05, 4.69) is 10.3 Å². The first kappa shape index (κ1) is 20.9. The number of rotatable bonds is 6. The van der Waals surface area contributed by atoms with Crippen molar-refractivity contribution in [2.45, 2.75) is 29.7 Å². The van der Waals surface area contributed by atoms with Crippen LogP contribution in [-0.2, 0) is 0 Å². The largest absolute Gasteiger partial charge is 0.481 e. The molecule has 0 spiro atoms. The lowest BCUT2D eigenvalue weighted by Gasteiger charge is -2.37. The predicted molar refractivity (Wildman–Crippen MR) is 105 cm³/mol. The Hall–Kier alpha value is -2.42. The van der Waals surface area contributed by atoms with E-state index in [0.29, 0.717) is 37.5 Å². The monoisotopic (exact) mass is 395 g/mol. The number of nitrogens with two attached hydrogens (primary N) is 2. The summed E-state index contributed by atoms with van der Waals surface area (Å²) in [7, 11) is 1.54. The molecule has 0 aliphatic carbocycles.